The van der Waals surface area contributed by atoms with Gasteiger partial charge in [-0.25, -0.2) is 0 Å². The smallest absolute Gasteiger partial charge is 0.325 e. The third-order valence-electron chi connectivity index (χ3n) is 5.39. The molecule has 0 aliphatic carbocycles. The van der Waals surface area contributed by atoms with Gasteiger partial charge in [-0.3, -0.25) is 4.79 Å². The number of carbonyl (C=O) groups is 1. The van der Waals surface area contributed by atoms with Gasteiger partial charge in [0.2, 0.25) is 0 Å². The topological polar surface area (TPSA) is 53.3 Å². The fourth-order valence-electron chi connectivity index (χ4n) is 3.76. The van der Waals surface area contributed by atoms with Crippen LogP contribution in [0.1, 0.15) is 34.1 Å². The maximum atomic E-state index is 12.1. The van der Waals surface area contributed by atoms with Crippen LogP contribution in [-0.4, -0.2) is 38.8 Å². The van der Waals surface area contributed by atoms with E-state index in [1.807, 2.05) is 36.4 Å². The molecule has 0 N–H and O–H groups in total. The molecule has 0 spiro atoms. The zero-order valence-electron chi connectivity index (χ0n) is 18.5. The van der Waals surface area contributed by atoms with E-state index in [2.05, 4.69) is 56.9 Å². The third-order valence-corrected chi connectivity index (χ3v) is 10.4. The summed E-state index contributed by atoms with van der Waals surface area (Å²) in [5.41, 5.74) is 0. The molecule has 0 bridgehead atoms. The van der Waals surface area contributed by atoms with E-state index in [0.717, 1.165) is 0 Å². The van der Waals surface area contributed by atoms with E-state index >= 15 is 0 Å². The molecule has 0 aliphatic heterocycles. The van der Waals surface area contributed by atoms with Crippen LogP contribution < -0.4 is 10.4 Å². The van der Waals surface area contributed by atoms with Gasteiger partial charge in [-0.05, 0) is 22.3 Å². The second-order valence-corrected chi connectivity index (χ2v) is 12.6. The highest BCUT2D eigenvalue weighted by molar-refractivity contribution is 6.99. The van der Waals surface area contributed by atoms with Crippen molar-refractivity contribution in [1.29, 1.82) is 5.26 Å². The number of carbonyl (C=O) groups excluding carboxylic acids is 1. The molecule has 0 saturated carbocycles. The monoisotopic (exact) mass is 418 g/mol. The van der Waals surface area contributed by atoms with Crippen molar-refractivity contribution in [3.8, 4) is 17.9 Å². The fraction of sp³-hybridized carbons (Fsp3) is 0.360. The highest BCUT2D eigenvalue weighted by Gasteiger charge is 2.50. The summed E-state index contributed by atoms with van der Waals surface area (Å²) in [5.74, 6) is 5.35. The highest BCUT2D eigenvalue weighted by Crippen LogP contribution is 2.37. The van der Waals surface area contributed by atoms with E-state index in [1.54, 1.807) is 20.0 Å². The van der Waals surface area contributed by atoms with E-state index in [-0.39, 0.29) is 11.1 Å². The van der Waals surface area contributed by atoms with Gasteiger partial charge in [-0.15, -0.1) is 11.8 Å². The molecule has 0 heterocycles. The Morgan fingerprint density at radius 2 is 1.57 bits per heavy atom. The van der Waals surface area contributed by atoms with Crippen molar-refractivity contribution in [1.82, 2.24) is 4.90 Å². The van der Waals surface area contributed by atoms with E-state index in [1.165, 1.54) is 15.3 Å². The Hall–Kier alpha value is -2.86. The van der Waals surface area contributed by atoms with Crippen LogP contribution in [0.4, 0.5) is 0 Å². The first-order valence-electron chi connectivity index (χ1n) is 10.1. The lowest BCUT2D eigenvalue weighted by molar-refractivity contribution is -0.126. The van der Waals surface area contributed by atoms with Gasteiger partial charge in [-0.2, -0.15) is 5.26 Å². The summed E-state index contributed by atoms with van der Waals surface area (Å²) in [6.45, 7) is 8.72. The lowest BCUT2D eigenvalue weighted by Gasteiger charge is -2.44. The number of benzene rings is 2. The minimum atomic E-state index is -2.71. The fourth-order valence-corrected chi connectivity index (χ4v) is 8.35. The van der Waals surface area contributed by atoms with Crippen LogP contribution in [0.3, 0.4) is 0 Å². The number of likely N-dealkylation sites (N-methyl/N-ethyl adjacent to an activating group) is 1. The maximum Gasteiger partial charge on any atom is 0.325 e. The summed E-state index contributed by atoms with van der Waals surface area (Å²) >= 11 is 0. The normalized spacial score (nSPS) is 12.3. The van der Waals surface area contributed by atoms with Crippen molar-refractivity contribution in [3.63, 3.8) is 0 Å². The van der Waals surface area contributed by atoms with Gasteiger partial charge in [-0.1, -0.05) is 81.4 Å². The average Bonchev–Trinajstić information content (AvgIpc) is 2.75. The predicted octanol–water partition coefficient (Wildman–Crippen LogP) is 3.33. The Labute approximate surface area is 181 Å². The number of nitriles is 1. The van der Waals surface area contributed by atoms with Gasteiger partial charge in [0.05, 0.1) is 12.6 Å². The third kappa shape index (κ3) is 5.00. The Bertz CT molecular complexity index is 895. The quantitative estimate of drug-likeness (QED) is 0.394. The lowest BCUT2D eigenvalue weighted by atomic mass is 10.2. The number of hydrogen-bond acceptors (Lipinski definition) is 3. The van der Waals surface area contributed by atoms with Crippen LogP contribution in [0, 0.1) is 23.2 Å². The summed E-state index contributed by atoms with van der Waals surface area (Å²) in [4.78, 5) is 13.5. The molecule has 1 atom stereocenters. The summed E-state index contributed by atoms with van der Waals surface area (Å²) in [6.07, 6.45) is 0.457. The van der Waals surface area contributed by atoms with Gasteiger partial charge < -0.3 is 9.33 Å². The molecule has 0 saturated heterocycles. The van der Waals surface area contributed by atoms with Gasteiger partial charge in [0.1, 0.15) is 0 Å². The van der Waals surface area contributed by atoms with Gasteiger partial charge in [0.25, 0.3) is 8.32 Å². The van der Waals surface area contributed by atoms with Crippen molar-refractivity contribution in [2.75, 3.05) is 13.7 Å². The standard InChI is InChI=1S/C25H30N2O2Si/c1-6-7-14-21(27(5)24(28)19-26)20-29-30(25(2,3)4,22-15-10-8-11-16-22)23-17-12-9-13-18-23/h8-13,15-18,21H,14,20H2,1-5H3. The van der Waals surface area contributed by atoms with Crippen LogP contribution in [-0.2, 0) is 9.22 Å². The Kier molecular flexibility index (Phi) is 8.00. The molecule has 5 heteroatoms. The minimum absolute atomic E-state index is 0.158. The lowest BCUT2D eigenvalue weighted by Crippen LogP contribution is -2.67. The minimum Gasteiger partial charge on any atom is -0.405 e. The average molecular weight is 419 g/mol. The van der Waals surface area contributed by atoms with Crippen LogP contribution in [0.25, 0.3) is 0 Å². The molecular weight excluding hydrogens is 388 g/mol. The number of nitrogens with zero attached hydrogens (tertiary/aromatic N) is 2. The SMILES string of the molecule is CC#CCC(CO[Si](c1ccccc1)(c1ccccc1)C(C)(C)C)N(C)C(=O)C#N. The molecular formula is C25H30N2O2Si. The molecule has 30 heavy (non-hydrogen) atoms. The Morgan fingerprint density at radius 3 is 1.97 bits per heavy atom. The van der Waals surface area contributed by atoms with Gasteiger partial charge in [0.15, 0.2) is 6.07 Å². The van der Waals surface area contributed by atoms with Crippen molar-refractivity contribution in [2.45, 2.75) is 45.2 Å². The molecule has 1 unspecified atom stereocenters. The first kappa shape index (κ1) is 23.4. The molecule has 2 aromatic carbocycles. The van der Waals surface area contributed by atoms with Crippen molar-refractivity contribution >= 4 is 24.6 Å². The summed E-state index contributed by atoms with van der Waals surface area (Å²) < 4.78 is 6.91. The first-order chi connectivity index (χ1) is 14.3. The van der Waals surface area contributed by atoms with E-state index in [9.17, 15) is 4.79 Å². The summed E-state index contributed by atoms with van der Waals surface area (Å²) in [5, 5.41) is 11.3. The highest BCUT2D eigenvalue weighted by atomic mass is 28.4. The molecule has 0 aliphatic rings. The van der Waals surface area contributed by atoms with Crippen LogP contribution in [0.2, 0.25) is 5.04 Å². The molecule has 0 radical (unpaired) electrons. The molecule has 2 rings (SSSR count). The summed E-state index contributed by atoms with van der Waals surface area (Å²) in [7, 11) is -1.07. The van der Waals surface area contributed by atoms with Gasteiger partial charge in [0, 0.05) is 13.5 Å². The molecule has 0 aromatic heterocycles. The Morgan fingerprint density at radius 1 is 1.07 bits per heavy atom. The number of amides is 1. The van der Waals surface area contributed by atoms with Crippen LogP contribution in [0.15, 0.2) is 60.7 Å². The second kappa shape index (κ2) is 10.3. The van der Waals surface area contributed by atoms with Crippen LogP contribution >= 0.6 is 0 Å². The molecule has 156 valence electrons. The summed E-state index contributed by atoms with van der Waals surface area (Å²) in [6, 6.07) is 22.1. The predicted molar refractivity (Wildman–Crippen MR) is 124 cm³/mol. The number of hydrogen-bond donors (Lipinski definition) is 0. The van der Waals surface area contributed by atoms with Crippen molar-refractivity contribution in [3.05, 3.63) is 60.7 Å². The maximum absolute atomic E-state index is 12.1. The Balaban J connectivity index is 2.55. The van der Waals surface area contributed by atoms with E-state index in [0.29, 0.717) is 13.0 Å². The van der Waals surface area contributed by atoms with Crippen LogP contribution in [0.5, 0.6) is 0 Å². The van der Waals surface area contributed by atoms with E-state index < -0.39 is 14.2 Å². The van der Waals surface area contributed by atoms with E-state index in [4.69, 9.17) is 9.69 Å². The zero-order chi connectivity index (χ0) is 22.2. The van der Waals surface area contributed by atoms with Crippen molar-refractivity contribution < 1.29 is 9.22 Å². The largest absolute Gasteiger partial charge is 0.405 e. The molecule has 1 amide bonds. The zero-order valence-corrected chi connectivity index (χ0v) is 19.5. The molecule has 4 nitrogen and oxygen atoms in total. The molecule has 0 fully saturated rings. The van der Waals surface area contributed by atoms with Gasteiger partial charge >= 0.3 is 5.91 Å². The first-order valence-corrected chi connectivity index (χ1v) is 12.0. The van der Waals surface area contributed by atoms with Crippen molar-refractivity contribution in [2.24, 2.45) is 0 Å². The molecule has 2 aromatic rings. The number of rotatable bonds is 7. The second-order valence-electron chi connectivity index (χ2n) is 8.29.